The van der Waals surface area contributed by atoms with Crippen molar-refractivity contribution >= 4 is 16.8 Å². The fourth-order valence-electron chi connectivity index (χ4n) is 4.23. The van der Waals surface area contributed by atoms with Crippen LogP contribution in [-0.2, 0) is 11.3 Å². The van der Waals surface area contributed by atoms with Gasteiger partial charge in [-0.15, -0.1) is 0 Å². The third-order valence-electron chi connectivity index (χ3n) is 5.58. The van der Waals surface area contributed by atoms with Crippen LogP contribution in [0.15, 0.2) is 33.9 Å². The summed E-state index contributed by atoms with van der Waals surface area (Å²) in [6, 6.07) is 7.12. The fourth-order valence-corrected chi connectivity index (χ4v) is 4.23. The molecular formula is C18H22N4O3. The molecule has 132 valence electrons. The van der Waals surface area contributed by atoms with E-state index < -0.39 is 11.2 Å². The molecule has 0 radical (unpaired) electrons. The van der Waals surface area contributed by atoms with Gasteiger partial charge in [0.25, 0.3) is 5.56 Å². The summed E-state index contributed by atoms with van der Waals surface area (Å²) >= 11 is 0. The maximum absolute atomic E-state index is 12.9. The summed E-state index contributed by atoms with van der Waals surface area (Å²) in [6.07, 6.45) is 2.15. The van der Waals surface area contributed by atoms with E-state index in [1.807, 2.05) is 4.90 Å². The van der Waals surface area contributed by atoms with Crippen molar-refractivity contribution in [2.24, 2.45) is 5.92 Å². The first-order valence-electron chi connectivity index (χ1n) is 8.74. The maximum Gasteiger partial charge on any atom is 0.329 e. The Morgan fingerprint density at radius 1 is 1.20 bits per heavy atom. The highest BCUT2D eigenvalue weighted by molar-refractivity contribution is 5.82. The summed E-state index contributed by atoms with van der Waals surface area (Å²) in [6.45, 7) is 2.67. The molecule has 25 heavy (non-hydrogen) atoms. The average Bonchev–Trinajstić information content (AvgIpc) is 3.01. The molecule has 0 saturated carbocycles. The number of nitrogens with zero attached hydrogens (tertiary/aromatic N) is 3. The molecular weight excluding hydrogens is 320 g/mol. The van der Waals surface area contributed by atoms with Crippen molar-refractivity contribution in [1.82, 2.24) is 19.4 Å². The summed E-state index contributed by atoms with van der Waals surface area (Å²) in [4.78, 5) is 43.6. The third-order valence-corrected chi connectivity index (χ3v) is 5.58. The SMILES string of the molecule is CN1CC[C@@H]2CCN(C(=O)Cn3c(=O)[nH]c(=O)c4ccccc43)[C@@H]2C1. The van der Waals surface area contributed by atoms with Gasteiger partial charge in [0.15, 0.2) is 0 Å². The summed E-state index contributed by atoms with van der Waals surface area (Å²) < 4.78 is 1.37. The standard InChI is InChI=1S/C18H22N4O3/c1-20-8-6-12-7-9-21(15(12)10-20)16(23)11-22-14-5-3-2-4-13(14)17(24)19-18(22)25/h2-5,12,15H,6-11H2,1H3,(H,19,24,25)/t12-,15-/m1/s1. The molecule has 2 aromatic rings. The Labute approximate surface area is 144 Å². The first-order chi connectivity index (χ1) is 12.0. The van der Waals surface area contributed by atoms with Crippen LogP contribution in [0.4, 0.5) is 0 Å². The van der Waals surface area contributed by atoms with Crippen LogP contribution in [0.2, 0.25) is 0 Å². The van der Waals surface area contributed by atoms with Crippen molar-refractivity contribution in [3.05, 3.63) is 45.1 Å². The minimum atomic E-state index is -0.534. The molecule has 7 heteroatoms. The Morgan fingerprint density at radius 2 is 1.96 bits per heavy atom. The van der Waals surface area contributed by atoms with Crippen LogP contribution in [0, 0.1) is 5.92 Å². The van der Waals surface area contributed by atoms with Crippen LogP contribution in [-0.4, -0.2) is 58.0 Å². The molecule has 1 aromatic heterocycles. The van der Waals surface area contributed by atoms with Gasteiger partial charge < -0.3 is 9.80 Å². The molecule has 2 saturated heterocycles. The minimum absolute atomic E-state index is 0.0386. The van der Waals surface area contributed by atoms with Crippen molar-refractivity contribution in [3.8, 4) is 0 Å². The monoisotopic (exact) mass is 342 g/mol. The van der Waals surface area contributed by atoms with Crippen LogP contribution in [0.25, 0.3) is 10.9 Å². The van der Waals surface area contributed by atoms with E-state index in [9.17, 15) is 14.4 Å². The number of nitrogens with one attached hydrogen (secondary N) is 1. The van der Waals surface area contributed by atoms with Crippen molar-refractivity contribution in [2.45, 2.75) is 25.4 Å². The van der Waals surface area contributed by atoms with Crippen LogP contribution in [0.3, 0.4) is 0 Å². The van der Waals surface area contributed by atoms with Gasteiger partial charge in [0.2, 0.25) is 5.91 Å². The predicted octanol–water partition coefficient (Wildman–Crippen LogP) is 0.242. The molecule has 7 nitrogen and oxygen atoms in total. The second kappa shape index (κ2) is 6.15. The molecule has 1 aromatic carbocycles. The summed E-state index contributed by atoms with van der Waals surface area (Å²) in [5.74, 6) is 0.506. The van der Waals surface area contributed by atoms with Gasteiger partial charge in [-0.05, 0) is 44.5 Å². The number of H-pyrrole nitrogens is 1. The van der Waals surface area contributed by atoms with Crippen LogP contribution < -0.4 is 11.2 Å². The van der Waals surface area contributed by atoms with Crippen molar-refractivity contribution in [2.75, 3.05) is 26.7 Å². The van der Waals surface area contributed by atoms with Crippen LogP contribution >= 0.6 is 0 Å². The number of para-hydroxylation sites is 1. The second-order valence-electron chi connectivity index (χ2n) is 7.12. The molecule has 2 aliphatic rings. The van der Waals surface area contributed by atoms with E-state index in [4.69, 9.17) is 0 Å². The number of hydrogen-bond acceptors (Lipinski definition) is 4. The molecule has 3 heterocycles. The van der Waals surface area contributed by atoms with Crippen molar-refractivity contribution in [3.63, 3.8) is 0 Å². The first-order valence-corrected chi connectivity index (χ1v) is 8.74. The number of rotatable bonds is 2. The smallest absolute Gasteiger partial charge is 0.329 e. The number of likely N-dealkylation sites (N-methyl/N-ethyl adjacent to an activating group) is 1. The second-order valence-corrected chi connectivity index (χ2v) is 7.12. The lowest BCUT2D eigenvalue weighted by molar-refractivity contribution is -0.133. The van der Waals surface area contributed by atoms with Crippen LogP contribution in [0.5, 0.6) is 0 Å². The number of piperidine rings is 1. The lowest BCUT2D eigenvalue weighted by Gasteiger charge is -2.36. The Morgan fingerprint density at radius 3 is 2.80 bits per heavy atom. The molecule has 0 unspecified atom stereocenters. The Hall–Kier alpha value is -2.41. The zero-order valence-corrected chi connectivity index (χ0v) is 14.3. The summed E-state index contributed by atoms with van der Waals surface area (Å²) in [5.41, 5.74) is -0.450. The largest absolute Gasteiger partial charge is 0.337 e. The quantitative estimate of drug-likeness (QED) is 0.848. The molecule has 0 aliphatic carbocycles. The normalized spacial score (nSPS) is 23.8. The van der Waals surface area contributed by atoms with Gasteiger partial charge in [-0.3, -0.25) is 19.1 Å². The van der Waals surface area contributed by atoms with Gasteiger partial charge >= 0.3 is 5.69 Å². The molecule has 4 rings (SSSR count). The first kappa shape index (κ1) is 16.1. The number of hydrogen-bond donors (Lipinski definition) is 1. The average molecular weight is 342 g/mol. The number of likely N-dealkylation sites (tertiary alicyclic amines) is 2. The van der Waals surface area contributed by atoms with Gasteiger partial charge in [0, 0.05) is 19.1 Å². The lowest BCUT2D eigenvalue weighted by atomic mass is 9.92. The minimum Gasteiger partial charge on any atom is -0.337 e. The van der Waals surface area contributed by atoms with E-state index >= 15 is 0 Å². The number of aromatic nitrogens is 2. The van der Waals surface area contributed by atoms with Gasteiger partial charge in [-0.2, -0.15) is 0 Å². The van der Waals surface area contributed by atoms with Gasteiger partial charge in [-0.1, -0.05) is 12.1 Å². The van der Waals surface area contributed by atoms with E-state index in [0.29, 0.717) is 16.8 Å². The fraction of sp³-hybridized carbons (Fsp3) is 0.500. The Bertz CT molecular complexity index is 932. The van der Waals surface area contributed by atoms with Crippen molar-refractivity contribution < 1.29 is 4.79 Å². The number of carbonyl (C=O) groups excluding carboxylic acids is 1. The zero-order valence-electron chi connectivity index (χ0n) is 14.3. The molecule has 2 fully saturated rings. The summed E-state index contributed by atoms with van der Waals surface area (Å²) in [7, 11) is 2.08. The van der Waals surface area contributed by atoms with E-state index in [1.54, 1.807) is 24.3 Å². The summed E-state index contributed by atoms with van der Waals surface area (Å²) in [5, 5.41) is 0.423. The highest BCUT2D eigenvalue weighted by Gasteiger charge is 2.39. The number of benzene rings is 1. The molecule has 0 bridgehead atoms. The molecule has 0 spiro atoms. The Balaban J connectivity index is 1.65. The van der Waals surface area contributed by atoms with E-state index in [2.05, 4.69) is 16.9 Å². The number of amides is 1. The number of fused-ring (bicyclic) bond motifs is 2. The third kappa shape index (κ3) is 2.78. The van der Waals surface area contributed by atoms with Gasteiger partial charge in [0.05, 0.1) is 10.9 Å². The number of aromatic amines is 1. The van der Waals surface area contributed by atoms with Gasteiger partial charge in [0.1, 0.15) is 6.54 Å². The highest BCUT2D eigenvalue weighted by atomic mass is 16.2. The molecule has 2 aliphatic heterocycles. The van der Waals surface area contributed by atoms with Crippen molar-refractivity contribution in [1.29, 1.82) is 0 Å². The highest BCUT2D eigenvalue weighted by Crippen LogP contribution is 2.31. The number of carbonyl (C=O) groups is 1. The van der Waals surface area contributed by atoms with Crippen LogP contribution in [0.1, 0.15) is 12.8 Å². The molecule has 2 atom stereocenters. The predicted molar refractivity (Wildman–Crippen MR) is 94.6 cm³/mol. The molecule has 1 amide bonds. The lowest BCUT2D eigenvalue weighted by Crippen LogP contribution is -2.49. The molecule has 1 N–H and O–H groups in total. The van der Waals surface area contributed by atoms with E-state index in [-0.39, 0.29) is 18.5 Å². The maximum atomic E-state index is 12.9. The topological polar surface area (TPSA) is 78.4 Å². The Kier molecular flexibility index (Phi) is 3.95. The zero-order chi connectivity index (χ0) is 17.6. The van der Waals surface area contributed by atoms with E-state index in [0.717, 1.165) is 32.5 Å². The van der Waals surface area contributed by atoms with E-state index in [1.165, 1.54) is 4.57 Å². The van der Waals surface area contributed by atoms with Gasteiger partial charge in [-0.25, -0.2) is 4.79 Å².